The van der Waals surface area contributed by atoms with Crippen LogP contribution < -0.4 is 4.74 Å². The number of nitrogens with zero attached hydrogens (tertiary/aromatic N) is 7. The van der Waals surface area contributed by atoms with Gasteiger partial charge in [0.15, 0.2) is 17.3 Å². The van der Waals surface area contributed by atoms with Crippen LogP contribution in [0.25, 0.3) is 17.0 Å². The lowest BCUT2D eigenvalue weighted by atomic mass is 9.71. The van der Waals surface area contributed by atoms with Crippen LogP contribution in [0.4, 0.5) is 8.78 Å². The summed E-state index contributed by atoms with van der Waals surface area (Å²) in [7, 11) is 1.79. The van der Waals surface area contributed by atoms with Gasteiger partial charge in [-0.05, 0) is 36.5 Å². The summed E-state index contributed by atoms with van der Waals surface area (Å²) in [5.74, 6) is -0.130. The highest BCUT2D eigenvalue weighted by Crippen LogP contribution is 2.43. The highest BCUT2D eigenvalue weighted by atomic mass is 19.1. The minimum absolute atomic E-state index is 0.113. The molecule has 8 nitrogen and oxygen atoms in total. The van der Waals surface area contributed by atoms with Crippen molar-refractivity contribution in [2.45, 2.75) is 51.0 Å². The van der Waals surface area contributed by atoms with Gasteiger partial charge in [0, 0.05) is 18.7 Å². The van der Waals surface area contributed by atoms with Crippen molar-refractivity contribution in [3.63, 3.8) is 0 Å². The molecular formula is C22H23F2N7O. The molecule has 0 bridgehead atoms. The van der Waals surface area contributed by atoms with Gasteiger partial charge in [-0.1, -0.05) is 26.2 Å². The molecule has 0 saturated heterocycles. The minimum Gasteiger partial charge on any atom is -0.468 e. The monoisotopic (exact) mass is 439 g/mol. The highest BCUT2D eigenvalue weighted by Gasteiger charge is 2.34. The quantitative estimate of drug-likeness (QED) is 0.468. The first kappa shape index (κ1) is 20.5. The van der Waals surface area contributed by atoms with E-state index in [1.807, 2.05) is 6.07 Å². The molecule has 0 atom stereocenters. The normalized spacial score (nSPS) is 15.9. The maximum absolute atomic E-state index is 14.5. The van der Waals surface area contributed by atoms with Gasteiger partial charge in [0.25, 0.3) is 0 Å². The topological polar surface area (TPSA) is 83.0 Å². The Morgan fingerprint density at radius 1 is 1.09 bits per heavy atom. The van der Waals surface area contributed by atoms with Crippen LogP contribution in [0.5, 0.6) is 5.88 Å². The van der Waals surface area contributed by atoms with Gasteiger partial charge in [0.2, 0.25) is 5.88 Å². The van der Waals surface area contributed by atoms with E-state index in [0.717, 1.165) is 37.3 Å². The third-order valence-electron chi connectivity index (χ3n) is 6.28. The van der Waals surface area contributed by atoms with Gasteiger partial charge in [-0.3, -0.25) is 4.68 Å². The van der Waals surface area contributed by atoms with Crippen molar-refractivity contribution in [2.24, 2.45) is 7.05 Å². The first-order valence-corrected chi connectivity index (χ1v) is 10.6. The first-order valence-electron chi connectivity index (χ1n) is 10.6. The maximum atomic E-state index is 14.5. The van der Waals surface area contributed by atoms with Crippen molar-refractivity contribution in [3.05, 3.63) is 53.6 Å². The Balaban J connectivity index is 1.62. The van der Waals surface area contributed by atoms with Gasteiger partial charge in [-0.25, -0.2) is 13.8 Å². The zero-order valence-electron chi connectivity index (χ0n) is 17.9. The zero-order valence-corrected chi connectivity index (χ0v) is 17.9. The molecule has 32 heavy (non-hydrogen) atoms. The fraction of sp³-hybridized carbons (Fsp3) is 0.409. The maximum Gasteiger partial charge on any atom is 0.236 e. The molecule has 0 aliphatic heterocycles. The van der Waals surface area contributed by atoms with Crippen molar-refractivity contribution >= 4 is 5.65 Å². The minimum atomic E-state index is -0.731. The molecule has 1 saturated carbocycles. The lowest BCUT2D eigenvalue weighted by Crippen LogP contribution is -2.27. The molecule has 3 heterocycles. The van der Waals surface area contributed by atoms with Gasteiger partial charge in [0.1, 0.15) is 24.6 Å². The molecule has 5 rings (SSSR count). The average Bonchev–Trinajstić information content (AvgIpc) is 3.37. The predicted molar refractivity (Wildman–Crippen MR) is 112 cm³/mol. The number of fused-ring (bicyclic) bond motifs is 1. The van der Waals surface area contributed by atoms with E-state index < -0.39 is 11.6 Å². The lowest BCUT2D eigenvalue weighted by Gasteiger charge is -2.34. The standard InChI is InChI=1S/C22H23F2N7O/c1-22(8-4-3-5-9-22)16-11-18-27-28-20(15-7-6-14(23)10-17(15)24)31(18)29-21(16)32-12-19-25-13-26-30(19)2/h6-7,10-11,13H,3-5,8-9,12H2,1-2H3. The summed E-state index contributed by atoms with van der Waals surface area (Å²) >= 11 is 0. The third-order valence-corrected chi connectivity index (χ3v) is 6.28. The summed E-state index contributed by atoms with van der Waals surface area (Å²) in [6.07, 6.45) is 6.96. The number of hydrogen-bond acceptors (Lipinski definition) is 6. The highest BCUT2D eigenvalue weighted by molar-refractivity contribution is 5.60. The van der Waals surface area contributed by atoms with Crippen LogP contribution >= 0.6 is 0 Å². The molecule has 1 fully saturated rings. The fourth-order valence-corrected chi connectivity index (χ4v) is 4.38. The van der Waals surface area contributed by atoms with E-state index >= 15 is 0 Å². The number of aryl methyl sites for hydroxylation is 1. The number of aromatic nitrogens is 7. The Labute approximate surface area is 183 Å². The van der Waals surface area contributed by atoms with Crippen LogP contribution in [-0.4, -0.2) is 34.6 Å². The Morgan fingerprint density at radius 3 is 2.62 bits per heavy atom. The lowest BCUT2D eigenvalue weighted by molar-refractivity contribution is 0.250. The van der Waals surface area contributed by atoms with Crippen LogP contribution in [0.1, 0.15) is 50.4 Å². The van der Waals surface area contributed by atoms with E-state index in [2.05, 4.69) is 32.3 Å². The number of rotatable bonds is 5. The molecule has 1 aliphatic carbocycles. The second-order valence-electron chi connectivity index (χ2n) is 8.49. The van der Waals surface area contributed by atoms with Crippen LogP contribution in [0.3, 0.4) is 0 Å². The Kier molecular flexibility index (Phi) is 5.07. The van der Waals surface area contributed by atoms with Gasteiger partial charge in [0.05, 0.1) is 5.56 Å². The second-order valence-corrected chi connectivity index (χ2v) is 8.49. The van der Waals surface area contributed by atoms with Crippen LogP contribution in [-0.2, 0) is 19.1 Å². The van der Waals surface area contributed by atoms with Crippen molar-refractivity contribution in [1.82, 2.24) is 34.6 Å². The third kappa shape index (κ3) is 3.59. The molecule has 0 amide bonds. The van der Waals surface area contributed by atoms with Crippen molar-refractivity contribution in [3.8, 4) is 17.3 Å². The van der Waals surface area contributed by atoms with Crippen molar-refractivity contribution < 1.29 is 13.5 Å². The number of ether oxygens (including phenoxy) is 1. The SMILES string of the molecule is Cn1ncnc1COc1nn2c(-c3ccc(F)cc3F)nnc2cc1C1(C)CCCCC1. The molecule has 0 radical (unpaired) electrons. The molecular weight excluding hydrogens is 416 g/mol. The van der Waals surface area contributed by atoms with Gasteiger partial charge < -0.3 is 4.74 Å². The largest absolute Gasteiger partial charge is 0.468 e. The van der Waals surface area contributed by atoms with E-state index in [-0.39, 0.29) is 23.4 Å². The fourth-order valence-electron chi connectivity index (χ4n) is 4.38. The van der Waals surface area contributed by atoms with Gasteiger partial charge >= 0.3 is 0 Å². The van der Waals surface area contributed by atoms with E-state index in [1.54, 1.807) is 11.7 Å². The predicted octanol–water partition coefficient (Wildman–Crippen LogP) is 4.00. The van der Waals surface area contributed by atoms with Crippen LogP contribution in [0.15, 0.2) is 30.6 Å². The summed E-state index contributed by atoms with van der Waals surface area (Å²) in [4.78, 5) is 4.21. The number of benzene rings is 1. The van der Waals surface area contributed by atoms with Crippen LogP contribution in [0.2, 0.25) is 0 Å². The Bertz CT molecular complexity index is 1280. The van der Waals surface area contributed by atoms with E-state index in [9.17, 15) is 8.78 Å². The van der Waals surface area contributed by atoms with Crippen molar-refractivity contribution in [1.29, 1.82) is 0 Å². The summed E-state index contributed by atoms with van der Waals surface area (Å²) in [5, 5.41) is 17.1. The van der Waals surface area contributed by atoms with Gasteiger partial charge in [-0.2, -0.15) is 9.61 Å². The Morgan fingerprint density at radius 2 is 1.91 bits per heavy atom. The second kappa shape index (κ2) is 7.92. The summed E-state index contributed by atoms with van der Waals surface area (Å²) < 4.78 is 37.1. The molecule has 3 aromatic heterocycles. The molecule has 0 unspecified atom stereocenters. The first-order chi connectivity index (χ1) is 15.4. The van der Waals surface area contributed by atoms with E-state index in [0.29, 0.717) is 17.4 Å². The number of hydrogen-bond donors (Lipinski definition) is 0. The molecule has 1 aromatic carbocycles. The smallest absolute Gasteiger partial charge is 0.236 e. The van der Waals surface area contributed by atoms with Gasteiger partial charge in [-0.15, -0.1) is 15.3 Å². The zero-order chi connectivity index (χ0) is 22.3. The Hall–Kier alpha value is -3.43. The molecule has 0 N–H and O–H groups in total. The molecule has 10 heteroatoms. The summed E-state index contributed by atoms with van der Waals surface area (Å²) in [5.41, 5.74) is 1.43. The molecule has 4 aromatic rings. The molecule has 166 valence electrons. The average molecular weight is 439 g/mol. The summed E-state index contributed by atoms with van der Waals surface area (Å²) in [6, 6.07) is 5.25. The van der Waals surface area contributed by atoms with E-state index in [4.69, 9.17) is 4.74 Å². The summed E-state index contributed by atoms with van der Waals surface area (Å²) in [6.45, 7) is 2.40. The number of halogens is 2. The molecule has 0 spiro atoms. The van der Waals surface area contributed by atoms with Crippen LogP contribution in [0, 0.1) is 11.6 Å². The van der Waals surface area contributed by atoms with Crippen molar-refractivity contribution in [2.75, 3.05) is 0 Å². The molecule has 1 aliphatic rings. The van der Waals surface area contributed by atoms with E-state index in [1.165, 1.54) is 29.4 Å².